The van der Waals surface area contributed by atoms with Gasteiger partial charge in [-0.2, -0.15) is 0 Å². The quantitative estimate of drug-likeness (QED) is 0.837. The van der Waals surface area contributed by atoms with E-state index < -0.39 is 5.97 Å². The van der Waals surface area contributed by atoms with Crippen molar-refractivity contribution >= 4 is 11.8 Å². The fourth-order valence-corrected chi connectivity index (χ4v) is 2.91. The van der Waals surface area contributed by atoms with Crippen molar-refractivity contribution in [3.8, 4) is 0 Å². The van der Waals surface area contributed by atoms with Crippen molar-refractivity contribution in [1.29, 1.82) is 0 Å². The fourth-order valence-electron chi connectivity index (χ4n) is 2.91. The third kappa shape index (κ3) is 4.52. The lowest BCUT2D eigenvalue weighted by Gasteiger charge is -2.35. The van der Waals surface area contributed by atoms with Crippen LogP contribution in [0.25, 0.3) is 0 Å². The van der Waals surface area contributed by atoms with Gasteiger partial charge in [-0.1, -0.05) is 18.2 Å². The number of nitrogens with zero attached hydrogens (tertiary/aromatic N) is 2. The number of rotatable bonds is 6. The number of hydrogen-bond acceptors (Lipinski definition) is 5. The summed E-state index contributed by atoms with van der Waals surface area (Å²) in [5.74, 6) is -0.866. The van der Waals surface area contributed by atoms with Crippen LogP contribution >= 0.6 is 0 Å². The molecule has 0 amide bonds. The summed E-state index contributed by atoms with van der Waals surface area (Å²) in [5, 5.41) is 12.2. The Balaban J connectivity index is 1.77. The van der Waals surface area contributed by atoms with Gasteiger partial charge in [0.05, 0.1) is 19.3 Å². The zero-order valence-electron chi connectivity index (χ0n) is 13.7. The second-order valence-corrected chi connectivity index (χ2v) is 5.81. The molecule has 0 radical (unpaired) electrons. The van der Waals surface area contributed by atoms with E-state index >= 15 is 0 Å². The van der Waals surface area contributed by atoms with E-state index in [2.05, 4.69) is 15.2 Å². The molecule has 0 spiro atoms. The molecule has 2 heterocycles. The lowest BCUT2D eigenvalue weighted by atomic mass is 10.0. The van der Waals surface area contributed by atoms with Gasteiger partial charge in [-0.25, -0.2) is 14.2 Å². The molecule has 2 aromatic rings. The van der Waals surface area contributed by atoms with Crippen LogP contribution in [-0.4, -0.2) is 53.8 Å². The topological polar surface area (TPSA) is 74.7 Å². The van der Waals surface area contributed by atoms with Gasteiger partial charge in [-0.15, -0.1) is 0 Å². The second kappa shape index (κ2) is 8.04. The number of benzene rings is 1. The van der Waals surface area contributed by atoms with E-state index in [0.717, 1.165) is 18.7 Å². The minimum atomic E-state index is -1.07. The fraction of sp³-hybridized carbons (Fsp3) is 0.333. The minimum Gasteiger partial charge on any atom is -0.477 e. The Morgan fingerprint density at radius 2 is 2.04 bits per heavy atom. The van der Waals surface area contributed by atoms with Crippen LogP contribution in [0.2, 0.25) is 0 Å². The average Bonchev–Trinajstić information content (AvgIpc) is 2.63. The Morgan fingerprint density at radius 3 is 2.76 bits per heavy atom. The van der Waals surface area contributed by atoms with Gasteiger partial charge in [0, 0.05) is 19.6 Å². The molecule has 0 bridgehead atoms. The molecule has 1 fully saturated rings. The number of hydrogen-bond donors (Lipinski definition) is 2. The van der Waals surface area contributed by atoms with Gasteiger partial charge in [-0.3, -0.25) is 4.90 Å². The first-order valence-electron chi connectivity index (χ1n) is 8.15. The van der Waals surface area contributed by atoms with Crippen LogP contribution in [-0.2, 0) is 4.74 Å². The van der Waals surface area contributed by atoms with Crippen LogP contribution in [0.15, 0.2) is 42.5 Å². The summed E-state index contributed by atoms with van der Waals surface area (Å²) >= 11 is 0. The van der Waals surface area contributed by atoms with E-state index in [9.17, 15) is 9.18 Å². The number of ether oxygens (including phenoxy) is 1. The summed E-state index contributed by atoms with van der Waals surface area (Å²) < 4.78 is 19.1. The van der Waals surface area contributed by atoms with Crippen molar-refractivity contribution in [2.75, 3.05) is 38.2 Å². The lowest BCUT2D eigenvalue weighted by molar-refractivity contribution is 0.0186. The molecule has 0 saturated carbocycles. The molecular weight excluding hydrogens is 325 g/mol. The highest BCUT2D eigenvalue weighted by Gasteiger charge is 2.23. The standard InChI is InChI=1S/C18H20FN3O3/c19-14-4-1-3-13(11-14)16(22-7-9-25-10-8-22)12-20-17-6-2-5-15(21-17)18(23)24/h1-6,11,16H,7-10,12H2,(H,20,21)(H,23,24). The highest BCUT2D eigenvalue weighted by Crippen LogP contribution is 2.23. The van der Waals surface area contributed by atoms with Crippen molar-refractivity contribution in [2.24, 2.45) is 0 Å². The number of aromatic carboxylic acids is 1. The van der Waals surface area contributed by atoms with Gasteiger partial charge in [0.1, 0.15) is 11.6 Å². The Morgan fingerprint density at radius 1 is 1.28 bits per heavy atom. The Labute approximate surface area is 145 Å². The normalized spacial score (nSPS) is 16.4. The first-order chi connectivity index (χ1) is 12.1. The number of pyridine rings is 1. The van der Waals surface area contributed by atoms with Crippen molar-refractivity contribution in [3.05, 3.63) is 59.5 Å². The number of carboxylic acids is 1. The molecule has 1 aliphatic heterocycles. The minimum absolute atomic E-state index is 0.0151. The molecule has 1 aliphatic rings. The molecular formula is C18H20FN3O3. The summed E-state index contributed by atoms with van der Waals surface area (Å²) in [6.45, 7) is 3.27. The van der Waals surface area contributed by atoms with E-state index in [-0.39, 0.29) is 17.6 Å². The molecule has 0 aliphatic carbocycles. The zero-order valence-corrected chi connectivity index (χ0v) is 13.7. The zero-order chi connectivity index (χ0) is 17.6. The summed E-state index contributed by atoms with van der Waals surface area (Å²) in [6.07, 6.45) is 0. The van der Waals surface area contributed by atoms with Crippen LogP contribution in [0.1, 0.15) is 22.1 Å². The third-order valence-corrected chi connectivity index (χ3v) is 4.16. The first kappa shape index (κ1) is 17.3. The molecule has 1 aromatic heterocycles. The van der Waals surface area contributed by atoms with Crippen LogP contribution in [0, 0.1) is 5.82 Å². The van der Waals surface area contributed by atoms with Crippen molar-refractivity contribution in [2.45, 2.75) is 6.04 Å². The van der Waals surface area contributed by atoms with Crippen molar-refractivity contribution < 1.29 is 19.0 Å². The van der Waals surface area contributed by atoms with Crippen LogP contribution in [0.4, 0.5) is 10.2 Å². The Hall–Kier alpha value is -2.51. The number of halogens is 1. The maximum atomic E-state index is 13.7. The summed E-state index contributed by atoms with van der Waals surface area (Å²) in [4.78, 5) is 17.3. The highest BCUT2D eigenvalue weighted by molar-refractivity contribution is 5.85. The third-order valence-electron chi connectivity index (χ3n) is 4.16. The smallest absolute Gasteiger partial charge is 0.354 e. The van der Waals surface area contributed by atoms with E-state index in [1.807, 2.05) is 6.07 Å². The largest absolute Gasteiger partial charge is 0.477 e. The molecule has 1 aromatic carbocycles. The number of morpholine rings is 1. The van der Waals surface area contributed by atoms with Gasteiger partial charge in [-0.05, 0) is 29.8 Å². The number of aromatic nitrogens is 1. The van der Waals surface area contributed by atoms with E-state index in [0.29, 0.717) is 25.6 Å². The van der Waals surface area contributed by atoms with Crippen LogP contribution in [0.5, 0.6) is 0 Å². The molecule has 6 nitrogen and oxygen atoms in total. The molecule has 1 saturated heterocycles. The average molecular weight is 345 g/mol. The summed E-state index contributed by atoms with van der Waals surface area (Å²) in [7, 11) is 0. The molecule has 1 atom stereocenters. The maximum Gasteiger partial charge on any atom is 0.354 e. The van der Waals surface area contributed by atoms with Gasteiger partial charge in [0.25, 0.3) is 0 Å². The predicted octanol–water partition coefficient (Wildman–Crippen LogP) is 2.40. The number of nitrogens with one attached hydrogen (secondary N) is 1. The molecule has 25 heavy (non-hydrogen) atoms. The molecule has 3 rings (SSSR count). The molecule has 132 valence electrons. The van der Waals surface area contributed by atoms with Crippen molar-refractivity contribution in [3.63, 3.8) is 0 Å². The van der Waals surface area contributed by atoms with Crippen LogP contribution < -0.4 is 5.32 Å². The number of carbonyl (C=O) groups is 1. The van der Waals surface area contributed by atoms with Crippen LogP contribution in [0.3, 0.4) is 0 Å². The molecule has 2 N–H and O–H groups in total. The second-order valence-electron chi connectivity index (χ2n) is 5.81. The van der Waals surface area contributed by atoms with E-state index in [1.54, 1.807) is 18.2 Å². The SMILES string of the molecule is O=C(O)c1cccc(NCC(c2cccc(F)c2)N2CCOCC2)n1. The molecule has 1 unspecified atom stereocenters. The van der Waals surface area contributed by atoms with Crippen molar-refractivity contribution in [1.82, 2.24) is 9.88 Å². The maximum absolute atomic E-state index is 13.7. The van der Waals surface area contributed by atoms with Gasteiger partial charge in [0.2, 0.25) is 0 Å². The number of anilines is 1. The number of carboxylic acid groups (broad SMARTS) is 1. The van der Waals surface area contributed by atoms with Gasteiger partial charge >= 0.3 is 5.97 Å². The van der Waals surface area contributed by atoms with Gasteiger partial charge < -0.3 is 15.2 Å². The Bertz CT molecular complexity index is 735. The first-order valence-corrected chi connectivity index (χ1v) is 8.15. The van der Waals surface area contributed by atoms with E-state index in [4.69, 9.17) is 9.84 Å². The lowest BCUT2D eigenvalue weighted by Crippen LogP contribution is -2.41. The van der Waals surface area contributed by atoms with E-state index in [1.165, 1.54) is 18.2 Å². The monoisotopic (exact) mass is 345 g/mol. The summed E-state index contributed by atoms with van der Waals surface area (Å²) in [5.41, 5.74) is 0.850. The Kier molecular flexibility index (Phi) is 5.57. The predicted molar refractivity (Wildman–Crippen MR) is 91.2 cm³/mol. The molecule has 7 heteroatoms. The highest BCUT2D eigenvalue weighted by atomic mass is 19.1. The summed E-state index contributed by atoms with van der Waals surface area (Å²) in [6, 6.07) is 11.3. The van der Waals surface area contributed by atoms with Gasteiger partial charge in [0.15, 0.2) is 5.69 Å².